The van der Waals surface area contributed by atoms with Crippen molar-refractivity contribution in [1.29, 1.82) is 0 Å². The maximum atomic E-state index is 12.3. The number of phenolic OH excluding ortho intramolecular Hbond substituents is 1. The van der Waals surface area contributed by atoms with Gasteiger partial charge < -0.3 is 14.7 Å². The summed E-state index contributed by atoms with van der Waals surface area (Å²) in [6.07, 6.45) is 2.08. The number of nitrogens with one attached hydrogen (secondary N) is 1. The molecule has 3 heterocycles. The number of aryl methyl sites for hydroxylation is 1. The summed E-state index contributed by atoms with van der Waals surface area (Å²) in [4.78, 5) is 24.4. The summed E-state index contributed by atoms with van der Waals surface area (Å²) in [6.45, 7) is 7.39. The van der Waals surface area contributed by atoms with E-state index in [0.717, 1.165) is 55.8 Å². The number of rotatable bonds is 4. The van der Waals surface area contributed by atoms with E-state index in [2.05, 4.69) is 14.8 Å². The molecule has 0 aliphatic carbocycles. The zero-order chi connectivity index (χ0) is 19.5. The number of H-pyrrole nitrogens is 1. The number of ether oxygens (including phenoxy) is 1. The average molecular weight is 384 g/mol. The number of aromatic hydroxyl groups is 1. The second kappa shape index (κ2) is 8.32. The van der Waals surface area contributed by atoms with Crippen molar-refractivity contribution in [2.45, 2.75) is 32.2 Å². The third kappa shape index (κ3) is 4.36. The van der Waals surface area contributed by atoms with Crippen molar-refractivity contribution in [1.82, 2.24) is 14.9 Å². The number of aromatic nitrogens is 2. The first-order chi connectivity index (χ1) is 13.6. The van der Waals surface area contributed by atoms with Gasteiger partial charge in [0.15, 0.2) is 0 Å². The first-order valence-corrected chi connectivity index (χ1v) is 10.0. The second-order valence-electron chi connectivity index (χ2n) is 7.80. The number of benzene rings is 1. The van der Waals surface area contributed by atoms with E-state index in [-0.39, 0.29) is 11.5 Å². The lowest BCUT2D eigenvalue weighted by atomic mass is 9.94. The van der Waals surface area contributed by atoms with Crippen molar-refractivity contribution in [2.75, 3.05) is 44.3 Å². The summed E-state index contributed by atoms with van der Waals surface area (Å²) in [7, 11) is 0. The first kappa shape index (κ1) is 19.0. The van der Waals surface area contributed by atoms with Crippen LogP contribution in [0, 0.1) is 6.92 Å². The van der Waals surface area contributed by atoms with Crippen LogP contribution in [0.3, 0.4) is 0 Å². The van der Waals surface area contributed by atoms with Gasteiger partial charge in [0.25, 0.3) is 5.56 Å². The molecule has 2 fully saturated rings. The van der Waals surface area contributed by atoms with Crippen LogP contribution < -0.4 is 10.5 Å². The quantitative estimate of drug-likeness (QED) is 0.839. The van der Waals surface area contributed by atoms with Crippen LogP contribution in [-0.4, -0.2) is 59.4 Å². The van der Waals surface area contributed by atoms with Gasteiger partial charge in [-0.15, -0.1) is 0 Å². The molecule has 1 aromatic carbocycles. The van der Waals surface area contributed by atoms with Crippen molar-refractivity contribution >= 4 is 5.95 Å². The van der Waals surface area contributed by atoms with Crippen LogP contribution in [0.4, 0.5) is 5.95 Å². The molecule has 2 N–H and O–H groups in total. The SMILES string of the molecule is Cc1ccc(O)c(CN2CCCC(c3cc(=O)[nH]c(N4CCOCC4)n3)C2)c1. The van der Waals surface area contributed by atoms with E-state index < -0.39 is 0 Å². The van der Waals surface area contributed by atoms with E-state index in [1.807, 2.05) is 19.1 Å². The van der Waals surface area contributed by atoms with Gasteiger partial charge >= 0.3 is 0 Å². The second-order valence-corrected chi connectivity index (χ2v) is 7.80. The third-order valence-electron chi connectivity index (χ3n) is 5.61. The Bertz CT molecular complexity index is 876. The Morgan fingerprint density at radius 2 is 2.07 bits per heavy atom. The van der Waals surface area contributed by atoms with Crippen LogP contribution >= 0.6 is 0 Å². The van der Waals surface area contributed by atoms with Gasteiger partial charge in [0, 0.05) is 43.7 Å². The highest BCUT2D eigenvalue weighted by molar-refractivity contribution is 5.36. The zero-order valence-electron chi connectivity index (χ0n) is 16.4. The molecule has 4 rings (SSSR count). The van der Waals surface area contributed by atoms with E-state index in [9.17, 15) is 9.90 Å². The number of aromatic amines is 1. The molecule has 1 aromatic heterocycles. The molecular formula is C21H28N4O3. The first-order valence-electron chi connectivity index (χ1n) is 10.0. The molecule has 1 unspecified atom stereocenters. The predicted octanol–water partition coefficient (Wildman–Crippen LogP) is 2.00. The van der Waals surface area contributed by atoms with Gasteiger partial charge in [0.1, 0.15) is 5.75 Å². The standard InChI is InChI=1S/C21H28N4O3/c1-15-4-5-19(26)17(11-15)14-24-6-2-3-16(13-24)18-12-20(27)23-21(22-18)25-7-9-28-10-8-25/h4-5,11-12,16,26H,2-3,6-10,13-14H2,1H3,(H,22,23,27). The van der Waals surface area contributed by atoms with Crippen LogP contribution in [0.2, 0.25) is 0 Å². The molecule has 0 saturated carbocycles. The number of anilines is 1. The maximum Gasteiger partial charge on any atom is 0.252 e. The topological polar surface area (TPSA) is 81.7 Å². The summed E-state index contributed by atoms with van der Waals surface area (Å²) in [6, 6.07) is 7.37. The summed E-state index contributed by atoms with van der Waals surface area (Å²) >= 11 is 0. The lowest BCUT2D eigenvalue weighted by Crippen LogP contribution is -2.39. The van der Waals surface area contributed by atoms with Crippen LogP contribution in [0.15, 0.2) is 29.1 Å². The van der Waals surface area contributed by atoms with E-state index in [1.165, 1.54) is 0 Å². The largest absolute Gasteiger partial charge is 0.508 e. The Kier molecular flexibility index (Phi) is 5.64. The van der Waals surface area contributed by atoms with Crippen molar-refractivity contribution in [2.24, 2.45) is 0 Å². The highest BCUT2D eigenvalue weighted by Gasteiger charge is 2.25. The zero-order valence-corrected chi connectivity index (χ0v) is 16.4. The van der Waals surface area contributed by atoms with Crippen molar-refractivity contribution in [3.05, 3.63) is 51.4 Å². The number of nitrogens with zero attached hydrogens (tertiary/aromatic N) is 3. The van der Waals surface area contributed by atoms with Crippen LogP contribution in [0.25, 0.3) is 0 Å². The highest BCUT2D eigenvalue weighted by Crippen LogP contribution is 2.28. The lowest BCUT2D eigenvalue weighted by Gasteiger charge is -2.33. The Morgan fingerprint density at radius 3 is 2.89 bits per heavy atom. The van der Waals surface area contributed by atoms with Crippen LogP contribution in [0.5, 0.6) is 5.75 Å². The molecule has 7 heteroatoms. The molecule has 28 heavy (non-hydrogen) atoms. The molecule has 0 radical (unpaired) electrons. The van der Waals surface area contributed by atoms with E-state index >= 15 is 0 Å². The third-order valence-corrected chi connectivity index (χ3v) is 5.61. The highest BCUT2D eigenvalue weighted by atomic mass is 16.5. The molecule has 2 aliphatic rings. The van der Waals surface area contributed by atoms with E-state index in [4.69, 9.17) is 9.72 Å². The maximum absolute atomic E-state index is 12.3. The molecule has 2 aliphatic heterocycles. The molecule has 0 bridgehead atoms. The van der Waals surface area contributed by atoms with Gasteiger partial charge in [-0.2, -0.15) is 0 Å². The van der Waals surface area contributed by atoms with Crippen molar-refractivity contribution in [3.63, 3.8) is 0 Å². The fraction of sp³-hybridized carbons (Fsp3) is 0.524. The Labute approximate surface area is 165 Å². The van der Waals surface area contributed by atoms with Crippen LogP contribution in [0.1, 0.15) is 35.6 Å². The Hall–Kier alpha value is -2.38. The number of hydrogen-bond acceptors (Lipinski definition) is 6. The number of piperidine rings is 1. The fourth-order valence-electron chi connectivity index (χ4n) is 4.12. The molecule has 2 aromatic rings. The molecule has 150 valence electrons. The number of morpholine rings is 1. The number of hydrogen-bond donors (Lipinski definition) is 2. The minimum absolute atomic E-state index is 0.0973. The number of likely N-dealkylation sites (tertiary alicyclic amines) is 1. The van der Waals surface area contributed by atoms with E-state index in [0.29, 0.717) is 31.5 Å². The summed E-state index contributed by atoms with van der Waals surface area (Å²) in [5.74, 6) is 1.22. The van der Waals surface area contributed by atoms with Gasteiger partial charge in [-0.05, 0) is 32.4 Å². The molecular weight excluding hydrogens is 356 g/mol. The minimum Gasteiger partial charge on any atom is -0.508 e. The minimum atomic E-state index is -0.0973. The molecule has 0 amide bonds. The average Bonchev–Trinajstić information content (AvgIpc) is 2.71. The smallest absolute Gasteiger partial charge is 0.252 e. The monoisotopic (exact) mass is 384 g/mol. The van der Waals surface area contributed by atoms with Gasteiger partial charge in [-0.1, -0.05) is 17.7 Å². The number of phenols is 1. The van der Waals surface area contributed by atoms with Gasteiger partial charge in [-0.3, -0.25) is 14.7 Å². The predicted molar refractivity (Wildman–Crippen MR) is 108 cm³/mol. The van der Waals surface area contributed by atoms with Crippen molar-refractivity contribution < 1.29 is 9.84 Å². The van der Waals surface area contributed by atoms with Gasteiger partial charge in [-0.25, -0.2) is 4.98 Å². The summed E-state index contributed by atoms with van der Waals surface area (Å²) in [5.41, 5.74) is 2.87. The van der Waals surface area contributed by atoms with E-state index in [1.54, 1.807) is 12.1 Å². The summed E-state index contributed by atoms with van der Waals surface area (Å²) in [5, 5.41) is 10.2. The fourth-order valence-corrected chi connectivity index (χ4v) is 4.12. The lowest BCUT2D eigenvalue weighted by molar-refractivity contribution is 0.122. The molecule has 7 nitrogen and oxygen atoms in total. The molecule has 1 atom stereocenters. The molecule has 2 saturated heterocycles. The van der Waals surface area contributed by atoms with Gasteiger partial charge in [0.05, 0.1) is 18.9 Å². The summed E-state index contributed by atoms with van der Waals surface area (Å²) < 4.78 is 5.40. The Balaban J connectivity index is 1.50. The van der Waals surface area contributed by atoms with Gasteiger partial charge in [0.2, 0.25) is 5.95 Å². The normalized spacial score (nSPS) is 21.0. The Morgan fingerprint density at radius 1 is 1.25 bits per heavy atom. The molecule has 0 spiro atoms. The van der Waals surface area contributed by atoms with Crippen molar-refractivity contribution in [3.8, 4) is 5.75 Å². The van der Waals surface area contributed by atoms with Crippen LogP contribution in [-0.2, 0) is 11.3 Å².